The molecule has 0 amide bonds. The number of aryl methyl sites for hydroxylation is 1. The fourth-order valence-electron chi connectivity index (χ4n) is 2.78. The van der Waals surface area contributed by atoms with Crippen molar-refractivity contribution in [3.8, 4) is 0 Å². The van der Waals surface area contributed by atoms with Crippen LogP contribution in [0.25, 0.3) is 10.9 Å². The van der Waals surface area contributed by atoms with Crippen LogP contribution >= 0.6 is 0 Å². The summed E-state index contributed by atoms with van der Waals surface area (Å²) in [6.45, 7) is 1.64. The van der Waals surface area contributed by atoms with Gasteiger partial charge in [-0.15, -0.1) is 0 Å². The molecule has 1 aliphatic carbocycles. The third kappa shape index (κ3) is 1.51. The van der Waals surface area contributed by atoms with Crippen LogP contribution in [0, 0.1) is 0 Å². The maximum Gasteiger partial charge on any atom is 0.160 e. The van der Waals surface area contributed by atoms with Crippen molar-refractivity contribution in [2.75, 3.05) is 0 Å². The van der Waals surface area contributed by atoms with Crippen molar-refractivity contribution in [2.24, 2.45) is 7.05 Å². The van der Waals surface area contributed by atoms with Crippen LogP contribution in [-0.2, 0) is 7.05 Å². The normalized spacial score (nSPS) is 16.1. The molecule has 88 valence electrons. The van der Waals surface area contributed by atoms with Gasteiger partial charge in [0.2, 0.25) is 0 Å². The van der Waals surface area contributed by atoms with Crippen molar-refractivity contribution < 1.29 is 4.79 Å². The summed E-state index contributed by atoms with van der Waals surface area (Å²) in [5.74, 6) is 0.855. The van der Waals surface area contributed by atoms with Gasteiger partial charge in [-0.2, -0.15) is 0 Å². The molecule has 1 saturated carbocycles. The number of nitrogens with zero attached hydrogens (tertiary/aromatic N) is 1. The summed E-state index contributed by atoms with van der Waals surface area (Å²) in [5, 5.41) is 1.12. The number of hydrogen-bond donors (Lipinski definition) is 0. The Bertz CT molecular complexity index is 590. The van der Waals surface area contributed by atoms with Crippen LogP contribution in [0.3, 0.4) is 0 Å². The van der Waals surface area contributed by atoms with E-state index in [-0.39, 0.29) is 5.78 Å². The summed E-state index contributed by atoms with van der Waals surface area (Å²) in [5.41, 5.74) is 3.42. The smallest absolute Gasteiger partial charge is 0.160 e. The topological polar surface area (TPSA) is 22.0 Å². The number of ketones is 1. The fourth-order valence-corrected chi connectivity index (χ4v) is 2.78. The maximum atomic E-state index is 11.6. The first-order valence-electron chi connectivity index (χ1n) is 6.28. The number of carbonyl (C=O) groups is 1. The van der Waals surface area contributed by atoms with E-state index in [2.05, 4.69) is 23.7 Å². The van der Waals surface area contributed by atoms with Crippen molar-refractivity contribution >= 4 is 16.7 Å². The van der Waals surface area contributed by atoms with E-state index in [1.54, 1.807) is 6.92 Å². The number of carbonyl (C=O) groups excluding carboxylic acids is 1. The molecule has 0 radical (unpaired) electrons. The second-order valence-corrected chi connectivity index (χ2v) is 5.05. The largest absolute Gasteiger partial charge is 0.347 e. The molecule has 2 heteroatoms. The summed E-state index contributed by atoms with van der Waals surface area (Å²) in [6, 6.07) is 8.22. The van der Waals surface area contributed by atoms with Crippen LogP contribution in [0.1, 0.15) is 48.2 Å². The zero-order chi connectivity index (χ0) is 12.0. The first-order chi connectivity index (χ1) is 8.18. The Kier molecular flexibility index (Phi) is 2.32. The second kappa shape index (κ2) is 3.73. The van der Waals surface area contributed by atoms with Crippen molar-refractivity contribution in [1.29, 1.82) is 0 Å². The van der Waals surface area contributed by atoms with Gasteiger partial charge in [0, 0.05) is 29.2 Å². The Morgan fingerprint density at radius 1 is 1.35 bits per heavy atom. The summed E-state index contributed by atoms with van der Waals surface area (Å²) in [6.07, 6.45) is 3.92. The van der Waals surface area contributed by atoms with Crippen LogP contribution in [0.5, 0.6) is 0 Å². The standard InChI is InChI=1S/C15H17NO/c1-10(17)12-7-4-8-14-13(12)9-15(16(14)2)11-5-3-6-11/h4,7-9,11H,3,5-6H2,1-2H3. The summed E-state index contributed by atoms with van der Waals surface area (Å²) in [7, 11) is 2.11. The molecule has 0 spiro atoms. The molecule has 0 N–H and O–H groups in total. The zero-order valence-electron chi connectivity index (χ0n) is 10.4. The lowest BCUT2D eigenvalue weighted by molar-refractivity contribution is 0.101. The highest BCUT2D eigenvalue weighted by molar-refractivity contribution is 6.06. The van der Waals surface area contributed by atoms with Crippen molar-refractivity contribution in [3.63, 3.8) is 0 Å². The van der Waals surface area contributed by atoms with Gasteiger partial charge in [0.05, 0.1) is 0 Å². The minimum atomic E-state index is 0.154. The molecule has 0 aliphatic heterocycles. The van der Waals surface area contributed by atoms with Crippen LogP contribution < -0.4 is 0 Å². The highest BCUT2D eigenvalue weighted by Gasteiger charge is 2.23. The highest BCUT2D eigenvalue weighted by atomic mass is 16.1. The molecule has 1 aromatic heterocycles. The first-order valence-corrected chi connectivity index (χ1v) is 6.28. The molecule has 1 aliphatic rings. The van der Waals surface area contributed by atoms with Crippen molar-refractivity contribution in [2.45, 2.75) is 32.1 Å². The van der Waals surface area contributed by atoms with Gasteiger partial charge in [-0.3, -0.25) is 4.79 Å². The van der Waals surface area contributed by atoms with E-state index in [1.165, 1.54) is 30.5 Å². The van der Waals surface area contributed by atoms with E-state index in [0.29, 0.717) is 5.92 Å². The minimum absolute atomic E-state index is 0.154. The van der Waals surface area contributed by atoms with E-state index in [1.807, 2.05) is 12.1 Å². The lowest BCUT2D eigenvalue weighted by atomic mass is 9.83. The molecule has 17 heavy (non-hydrogen) atoms. The molecule has 0 bridgehead atoms. The second-order valence-electron chi connectivity index (χ2n) is 5.05. The molecule has 1 heterocycles. The highest BCUT2D eigenvalue weighted by Crippen LogP contribution is 2.39. The SMILES string of the molecule is CC(=O)c1cccc2c1cc(C1CCC1)n2C. The molecule has 1 aromatic carbocycles. The molecule has 2 aromatic rings. The van der Waals surface area contributed by atoms with Gasteiger partial charge < -0.3 is 4.57 Å². The van der Waals surface area contributed by atoms with E-state index in [9.17, 15) is 4.79 Å². The van der Waals surface area contributed by atoms with E-state index in [4.69, 9.17) is 0 Å². The average Bonchev–Trinajstić information content (AvgIpc) is 2.54. The Hall–Kier alpha value is -1.57. The monoisotopic (exact) mass is 227 g/mol. The summed E-state index contributed by atoms with van der Waals surface area (Å²) >= 11 is 0. The number of rotatable bonds is 2. The molecule has 1 fully saturated rings. The number of fused-ring (bicyclic) bond motifs is 1. The van der Waals surface area contributed by atoms with E-state index in [0.717, 1.165) is 10.9 Å². The van der Waals surface area contributed by atoms with Crippen molar-refractivity contribution in [3.05, 3.63) is 35.5 Å². The quantitative estimate of drug-likeness (QED) is 0.718. The predicted molar refractivity (Wildman–Crippen MR) is 69.5 cm³/mol. The van der Waals surface area contributed by atoms with Gasteiger partial charge in [-0.05, 0) is 37.8 Å². The van der Waals surface area contributed by atoms with Crippen LogP contribution in [-0.4, -0.2) is 10.4 Å². The Balaban J connectivity index is 2.24. The molecule has 0 saturated heterocycles. The summed E-state index contributed by atoms with van der Waals surface area (Å²) < 4.78 is 2.26. The molecule has 0 atom stereocenters. The molecule has 0 unspecified atom stereocenters. The third-order valence-electron chi connectivity index (χ3n) is 4.03. The number of aromatic nitrogens is 1. The Morgan fingerprint density at radius 3 is 2.71 bits per heavy atom. The maximum absolute atomic E-state index is 11.6. The van der Waals surface area contributed by atoms with Crippen LogP contribution in [0.4, 0.5) is 0 Å². The fraction of sp³-hybridized carbons (Fsp3) is 0.400. The van der Waals surface area contributed by atoms with E-state index < -0.39 is 0 Å². The molecule has 2 nitrogen and oxygen atoms in total. The molecular weight excluding hydrogens is 210 g/mol. The predicted octanol–water partition coefficient (Wildman–Crippen LogP) is 3.65. The third-order valence-corrected chi connectivity index (χ3v) is 4.03. The average molecular weight is 227 g/mol. The van der Waals surface area contributed by atoms with Gasteiger partial charge in [-0.1, -0.05) is 18.6 Å². The molecule has 3 rings (SSSR count). The van der Waals surface area contributed by atoms with Gasteiger partial charge in [0.15, 0.2) is 5.78 Å². The van der Waals surface area contributed by atoms with Gasteiger partial charge in [0.25, 0.3) is 0 Å². The van der Waals surface area contributed by atoms with Crippen LogP contribution in [0.15, 0.2) is 24.3 Å². The van der Waals surface area contributed by atoms with E-state index >= 15 is 0 Å². The van der Waals surface area contributed by atoms with Gasteiger partial charge in [-0.25, -0.2) is 0 Å². The lowest BCUT2D eigenvalue weighted by Gasteiger charge is -2.26. The van der Waals surface area contributed by atoms with Crippen molar-refractivity contribution in [1.82, 2.24) is 4.57 Å². The minimum Gasteiger partial charge on any atom is -0.347 e. The zero-order valence-corrected chi connectivity index (χ0v) is 10.4. The first kappa shape index (κ1) is 10.6. The molecular formula is C15H17NO. The number of benzene rings is 1. The summed E-state index contributed by atoms with van der Waals surface area (Å²) in [4.78, 5) is 11.6. The number of hydrogen-bond acceptors (Lipinski definition) is 1. The van der Waals surface area contributed by atoms with Crippen LogP contribution in [0.2, 0.25) is 0 Å². The Morgan fingerprint density at radius 2 is 2.12 bits per heavy atom. The lowest BCUT2D eigenvalue weighted by Crippen LogP contribution is -2.12. The Labute approximate surface area is 101 Å². The number of Topliss-reactive ketones (excluding diaryl/α,β-unsaturated/α-hetero) is 1. The van der Waals surface area contributed by atoms with Gasteiger partial charge >= 0.3 is 0 Å². The van der Waals surface area contributed by atoms with Gasteiger partial charge in [0.1, 0.15) is 0 Å².